The van der Waals surface area contributed by atoms with Crippen LogP contribution in [0.15, 0.2) is 48.5 Å². The molecular weight excluding hydrogens is 418 g/mol. The van der Waals surface area contributed by atoms with Gasteiger partial charge in [-0.1, -0.05) is 24.3 Å². The van der Waals surface area contributed by atoms with E-state index in [4.69, 9.17) is 4.74 Å². The molecule has 2 aromatic carbocycles. The molecule has 4 amide bonds. The molecule has 172 valence electrons. The van der Waals surface area contributed by atoms with Crippen LogP contribution in [0, 0.1) is 5.92 Å². The fraction of sp³-hybridized carbons (Fsp3) is 0.423. The quantitative estimate of drug-likeness (QED) is 0.731. The Bertz CT molecular complexity index is 1070. The minimum Gasteiger partial charge on any atom is -0.497 e. The Morgan fingerprint density at radius 1 is 1.00 bits per heavy atom. The van der Waals surface area contributed by atoms with E-state index in [0.29, 0.717) is 50.1 Å². The third kappa shape index (κ3) is 3.65. The summed E-state index contributed by atoms with van der Waals surface area (Å²) in [5, 5.41) is 3.01. The maximum atomic E-state index is 13.5. The molecule has 5 rings (SSSR count). The first-order valence-electron chi connectivity index (χ1n) is 11.6. The Morgan fingerprint density at radius 2 is 1.61 bits per heavy atom. The zero-order valence-electron chi connectivity index (χ0n) is 19.0. The highest BCUT2D eigenvalue weighted by Crippen LogP contribution is 2.37. The maximum absolute atomic E-state index is 13.5. The number of likely N-dealkylation sites (tertiary alicyclic amines) is 1. The summed E-state index contributed by atoms with van der Waals surface area (Å²) < 4.78 is 5.16. The SMILES string of the molecule is COc1ccc(C(=O)N2CCC(C3(C)NC(=O)N(C4Cc5ccccc5C4)C3=O)CC2)cc1. The summed E-state index contributed by atoms with van der Waals surface area (Å²) in [5.41, 5.74) is 2.11. The third-order valence-corrected chi connectivity index (χ3v) is 7.58. The number of carbonyl (C=O) groups excluding carboxylic acids is 3. The standard InChI is InChI=1S/C26H29N3O4/c1-26(20-11-13-28(14-12-20)23(30)17-7-9-22(33-2)10-8-17)24(31)29(25(32)27-26)21-15-18-5-3-4-6-19(18)16-21/h3-10,20-21H,11-16H2,1-2H3,(H,27,32). The molecule has 1 unspecified atom stereocenters. The summed E-state index contributed by atoms with van der Waals surface area (Å²) in [6, 6.07) is 14.8. The van der Waals surface area contributed by atoms with Crippen molar-refractivity contribution < 1.29 is 19.1 Å². The first kappa shape index (κ1) is 21.5. The first-order chi connectivity index (χ1) is 15.9. The number of nitrogens with one attached hydrogen (secondary N) is 1. The van der Waals surface area contributed by atoms with E-state index in [1.807, 2.05) is 24.0 Å². The van der Waals surface area contributed by atoms with Crippen molar-refractivity contribution in [3.8, 4) is 5.75 Å². The average molecular weight is 448 g/mol. The van der Waals surface area contributed by atoms with Crippen molar-refractivity contribution in [1.82, 2.24) is 15.1 Å². The van der Waals surface area contributed by atoms with Crippen molar-refractivity contribution in [2.24, 2.45) is 5.92 Å². The number of hydrogen-bond acceptors (Lipinski definition) is 4. The Hall–Kier alpha value is -3.35. The van der Waals surface area contributed by atoms with Crippen LogP contribution in [0.4, 0.5) is 4.79 Å². The van der Waals surface area contributed by atoms with Crippen LogP contribution in [0.3, 0.4) is 0 Å². The molecule has 2 heterocycles. The lowest BCUT2D eigenvalue weighted by Crippen LogP contribution is -2.55. The van der Waals surface area contributed by atoms with Gasteiger partial charge in [0.2, 0.25) is 0 Å². The molecule has 0 spiro atoms. The van der Waals surface area contributed by atoms with E-state index >= 15 is 0 Å². The second-order valence-electron chi connectivity index (χ2n) is 9.43. The van der Waals surface area contributed by atoms with Gasteiger partial charge in [-0.25, -0.2) is 4.79 Å². The van der Waals surface area contributed by atoms with Crippen molar-refractivity contribution in [3.05, 3.63) is 65.2 Å². The molecule has 2 aromatic rings. The van der Waals surface area contributed by atoms with Gasteiger partial charge in [-0.05, 0) is 73.9 Å². The van der Waals surface area contributed by atoms with E-state index in [1.165, 1.54) is 16.0 Å². The van der Waals surface area contributed by atoms with Gasteiger partial charge in [0.25, 0.3) is 11.8 Å². The van der Waals surface area contributed by atoms with Crippen LogP contribution in [0.2, 0.25) is 0 Å². The normalized spacial score (nSPS) is 23.6. The number of imide groups is 1. The van der Waals surface area contributed by atoms with Crippen LogP contribution in [-0.2, 0) is 17.6 Å². The molecule has 1 N–H and O–H groups in total. The zero-order chi connectivity index (χ0) is 23.2. The number of piperidine rings is 1. The molecule has 2 saturated heterocycles. The summed E-state index contributed by atoms with van der Waals surface area (Å²) in [4.78, 5) is 42.6. The van der Waals surface area contributed by atoms with Gasteiger partial charge in [0.1, 0.15) is 11.3 Å². The Balaban J connectivity index is 1.24. The number of urea groups is 1. The molecule has 33 heavy (non-hydrogen) atoms. The van der Waals surface area contributed by atoms with Gasteiger partial charge in [-0.2, -0.15) is 0 Å². The zero-order valence-corrected chi connectivity index (χ0v) is 19.0. The Kier molecular flexibility index (Phi) is 5.35. The van der Waals surface area contributed by atoms with Gasteiger partial charge in [0.15, 0.2) is 0 Å². The number of rotatable bonds is 4. The molecule has 1 aliphatic carbocycles. The summed E-state index contributed by atoms with van der Waals surface area (Å²) in [6.07, 6.45) is 2.76. The second-order valence-corrected chi connectivity index (χ2v) is 9.43. The largest absolute Gasteiger partial charge is 0.497 e. The number of carbonyl (C=O) groups is 3. The van der Waals surface area contributed by atoms with Gasteiger partial charge in [-0.15, -0.1) is 0 Å². The predicted octanol–water partition coefficient (Wildman–Crippen LogP) is 3.03. The summed E-state index contributed by atoms with van der Waals surface area (Å²) in [6.45, 7) is 2.97. The van der Waals surface area contributed by atoms with E-state index in [-0.39, 0.29) is 29.8 Å². The smallest absolute Gasteiger partial charge is 0.325 e. The lowest BCUT2D eigenvalue weighted by atomic mass is 9.78. The van der Waals surface area contributed by atoms with Crippen molar-refractivity contribution in [2.75, 3.05) is 20.2 Å². The summed E-state index contributed by atoms with van der Waals surface area (Å²) in [5.74, 6) is 0.546. The summed E-state index contributed by atoms with van der Waals surface area (Å²) >= 11 is 0. The van der Waals surface area contributed by atoms with Crippen LogP contribution >= 0.6 is 0 Å². The van der Waals surface area contributed by atoms with E-state index in [9.17, 15) is 14.4 Å². The number of hydrogen-bond donors (Lipinski definition) is 1. The number of fused-ring (bicyclic) bond motifs is 1. The Morgan fingerprint density at radius 3 is 2.18 bits per heavy atom. The topological polar surface area (TPSA) is 79.0 Å². The predicted molar refractivity (Wildman–Crippen MR) is 123 cm³/mol. The highest BCUT2D eigenvalue weighted by molar-refractivity contribution is 6.07. The number of methoxy groups -OCH3 is 1. The first-order valence-corrected chi connectivity index (χ1v) is 11.6. The highest BCUT2D eigenvalue weighted by Gasteiger charge is 2.55. The number of nitrogens with zero attached hydrogens (tertiary/aromatic N) is 2. The van der Waals surface area contributed by atoms with Gasteiger partial charge < -0.3 is 15.0 Å². The molecule has 0 saturated carbocycles. The van der Waals surface area contributed by atoms with Crippen LogP contribution < -0.4 is 10.1 Å². The fourth-order valence-corrected chi connectivity index (χ4v) is 5.58. The van der Waals surface area contributed by atoms with Crippen molar-refractivity contribution >= 4 is 17.8 Å². The van der Waals surface area contributed by atoms with Gasteiger partial charge in [-0.3, -0.25) is 14.5 Å². The van der Waals surface area contributed by atoms with Crippen LogP contribution in [0.5, 0.6) is 5.75 Å². The molecule has 0 radical (unpaired) electrons. The van der Waals surface area contributed by atoms with Gasteiger partial charge in [0, 0.05) is 24.7 Å². The number of benzene rings is 2. The highest BCUT2D eigenvalue weighted by atomic mass is 16.5. The van der Waals surface area contributed by atoms with E-state index in [0.717, 1.165) is 0 Å². The monoisotopic (exact) mass is 447 g/mol. The lowest BCUT2D eigenvalue weighted by Gasteiger charge is -2.39. The van der Waals surface area contributed by atoms with Crippen molar-refractivity contribution in [3.63, 3.8) is 0 Å². The molecule has 1 atom stereocenters. The van der Waals surface area contributed by atoms with E-state index in [2.05, 4.69) is 17.4 Å². The molecular formula is C26H29N3O4. The van der Waals surface area contributed by atoms with Crippen LogP contribution in [-0.4, -0.2) is 59.4 Å². The molecule has 2 fully saturated rings. The van der Waals surface area contributed by atoms with Crippen molar-refractivity contribution in [2.45, 2.75) is 44.2 Å². The molecule has 7 nitrogen and oxygen atoms in total. The Labute approximate surface area is 193 Å². The van der Waals surface area contributed by atoms with Crippen LogP contribution in [0.1, 0.15) is 41.3 Å². The van der Waals surface area contributed by atoms with E-state index in [1.54, 1.807) is 31.4 Å². The molecule has 3 aliphatic rings. The average Bonchev–Trinajstić information content (AvgIpc) is 3.36. The lowest BCUT2D eigenvalue weighted by molar-refractivity contribution is -0.134. The van der Waals surface area contributed by atoms with Gasteiger partial charge >= 0.3 is 6.03 Å². The number of ether oxygens (including phenoxy) is 1. The van der Waals surface area contributed by atoms with E-state index < -0.39 is 5.54 Å². The third-order valence-electron chi connectivity index (χ3n) is 7.58. The molecule has 2 aliphatic heterocycles. The fourth-order valence-electron chi connectivity index (χ4n) is 5.58. The molecule has 0 bridgehead atoms. The van der Waals surface area contributed by atoms with Crippen molar-refractivity contribution in [1.29, 1.82) is 0 Å². The summed E-state index contributed by atoms with van der Waals surface area (Å²) in [7, 11) is 1.60. The minimum absolute atomic E-state index is 0.0114. The molecule has 0 aromatic heterocycles. The number of amides is 4. The maximum Gasteiger partial charge on any atom is 0.325 e. The van der Waals surface area contributed by atoms with Crippen LogP contribution in [0.25, 0.3) is 0 Å². The molecule has 7 heteroatoms. The minimum atomic E-state index is -0.929. The second kappa shape index (κ2) is 8.21. The van der Waals surface area contributed by atoms with Gasteiger partial charge in [0.05, 0.1) is 7.11 Å².